The average Bonchev–Trinajstić information content (AvgIpc) is 3.05. The van der Waals surface area contributed by atoms with Crippen LogP contribution < -0.4 is 0 Å². The number of aromatic nitrogens is 2. The van der Waals surface area contributed by atoms with Crippen molar-refractivity contribution in [3.8, 4) is 6.07 Å². The van der Waals surface area contributed by atoms with Crippen molar-refractivity contribution in [1.29, 1.82) is 5.26 Å². The number of ether oxygens (including phenoxy) is 1. The van der Waals surface area contributed by atoms with Crippen LogP contribution in [0.25, 0.3) is 0 Å². The van der Waals surface area contributed by atoms with E-state index in [4.69, 9.17) is 10.00 Å². The molecule has 0 saturated heterocycles. The second kappa shape index (κ2) is 6.33. The van der Waals surface area contributed by atoms with E-state index in [2.05, 4.69) is 5.10 Å². The van der Waals surface area contributed by atoms with E-state index in [1.807, 2.05) is 19.1 Å². The van der Waals surface area contributed by atoms with E-state index in [1.54, 1.807) is 13.0 Å². The highest BCUT2D eigenvalue weighted by Gasteiger charge is 2.20. The molecule has 0 radical (unpaired) electrons. The zero-order valence-electron chi connectivity index (χ0n) is 11.6. The molecule has 21 heavy (non-hydrogen) atoms. The van der Waals surface area contributed by atoms with Crippen molar-refractivity contribution in [2.24, 2.45) is 0 Å². The Morgan fingerprint density at radius 3 is 2.81 bits per heavy atom. The van der Waals surface area contributed by atoms with Gasteiger partial charge in [-0.1, -0.05) is 0 Å². The first-order valence-corrected chi connectivity index (χ1v) is 7.11. The lowest BCUT2D eigenvalue weighted by atomic mass is 10.2. The summed E-state index contributed by atoms with van der Waals surface area (Å²) in [5, 5.41) is 13.1. The summed E-state index contributed by atoms with van der Waals surface area (Å²) >= 11 is 1.38. The number of carbonyl (C=O) groups is 2. The lowest BCUT2D eigenvalue weighted by Crippen LogP contribution is -2.13. The third kappa shape index (κ3) is 3.17. The van der Waals surface area contributed by atoms with Crippen LogP contribution in [0, 0.1) is 18.3 Å². The standard InChI is InChI=1S/C14H13N3O3S/c1-3-20-14(19)10-7-16-17(11(10)6-15)8-12(18)13-5-4-9(2)21-13/h4-5,7H,3,8H2,1-2H3. The first-order chi connectivity index (χ1) is 10.1. The Morgan fingerprint density at radius 2 is 2.24 bits per heavy atom. The molecule has 2 rings (SSSR count). The number of hydrogen-bond acceptors (Lipinski definition) is 6. The van der Waals surface area contributed by atoms with Crippen LogP contribution in [0.15, 0.2) is 18.3 Å². The molecule has 0 N–H and O–H groups in total. The van der Waals surface area contributed by atoms with Gasteiger partial charge in [0.15, 0.2) is 11.5 Å². The maximum Gasteiger partial charge on any atom is 0.342 e. The first-order valence-electron chi connectivity index (χ1n) is 6.29. The fourth-order valence-electron chi connectivity index (χ4n) is 1.78. The molecule has 0 aliphatic rings. The molecule has 0 aliphatic heterocycles. The van der Waals surface area contributed by atoms with Crippen molar-refractivity contribution in [3.63, 3.8) is 0 Å². The SMILES string of the molecule is CCOC(=O)c1cnn(CC(=O)c2ccc(C)s2)c1C#N. The maximum absolute atomic E-state index is 12.1. The zero-order valence-corrected chi connectivity index (χ0v) is 12.4. The van der Waals surface area contributed by atoms with Gasteiger partial charge in [-0.2, -0.15) is 10.4 Å². The van der Waals surface area contributed by atoms with Crippen LogP contribution in [0.5, 0.6) is 0 Å². The van der Waals surface area contributed by atoms with E-state index < -0.39 is 5.97 Å². The summed E-state index contributed by atoms with van der Waals surface area (Å²) in [6, 6.07) is 5.49. The number of carbonyl (C=O) groups excluding carboxylic acids is 2. The monoisotopic (exact) mass is 303 g/mol. The van der Waals surface area contributed by atoms with Crippen LogP contribution in [0.3, 0.4) is 0 Å². The number of nitriles is 1. The predicted octanol–water partition coefficient (Wildman–Crippen LogP) is 2.18. The van der Waals surface area contributed by atoms with Gasteiger partial charge in [0.1, 0.15) is 18.2 Å². The number of nitrogens with zero attached hydrogens (tertiary/aromatic N) is 3. The molecular weight excluding hydrogens is 290 g/mol. The molecular formula is C14H13N3O3S. The molecule has 0 spiro atoms. The van der Waals surface area contributed by atoms with Crippen LogP contribution in [-0.2, 0) is 11.3 Å². The highest BCUT2D eigenvalue weighted by atomic mass is 32.1. The molecule has 7 heteroatoms. The van der Waals surface area contributed by atoms with Gasteiger partial charge in [-0.3, -0.25) is 4.79 Å². The second-order valence-corrected chi connectivity index (χ2v) is 5.52. The molecule has 2 aromatic heterocycles. The normalized spacial score (nSPS) is 10.1. The van der Waals surface area contributed by atoms with Crippen molar-refractivity contribution in [2.75, 3.05) is 6.61 Å². The van der Waals surface area contributed by atoms with Crippen molar-refractivity contribution >= 4 is 23.1 Å². The van der Waals surface area contributed by atoms with E-state index in [1.165, 1.54) is 22.2 Å². The first kappa shape index (κ1) is 14.9. The van der Waals surface area contributed by atoms with E-state index in [0.717, 1.165) is 4.88 Å². The zero-order chi connectivity index (χ0) is 15.4. The summed E-state index contributed by atoms with van der Waals surface area (Å²) in [6.07, 6.45) is 1.25. The summed E-state index contributed by atoms with van der Waals surface area (Å²) < 4.78 is 6.08. The van der Waals surface area contributed by atoms with Crippen molar-refractivity contribution < 1.29 is 14.3 Å². The summed E-state index contributed by atoms with van der Waals surface area (Å²) in [4.78, 5) is 25.4. The number of thiophene rings is 1. The van der Waals surface area contributed by atoms with Gasteiger partial charge in [-0.15, -0.1) is 11.3 Å². The topological polar surface area (TPSA) is 85.0 Å². The minimum absolute atomic E-state index is 0.0371. The average molecular weight is 303 g/mol. The van der Waals surface area contributed by atoms with E-state index in [9.17, 15) is 9.59 Å². The number of rotatable bonds is 5. The molecule has 0 atom stereocenters. The Kier molecular flexibility index (Phi) is 4.50. The van der Waals surface area contributed by atoms with Gasteiger partial charge >= 0.3 is 5.97 Å². The van der Waals surface area contributed by atoms with Gasteiger partial charge in [0, 0.05) is 4.88 Å². The van der Waals surface area contributed by atoms with Crippen LogP contribution in [0.4, 0.5) is 0 Å². The second-order valence-electron chi connectivity index (χ2n) is 4.23. The highest BCUT2D eigenvalue weighted by molar-refractivity contribution is 7.14. The van der Waals surface area contributed by atoms with Crippen molar-refractivity contribution in [1.82, 2.24) is 9.78 Å². The fraction of sp³-hybridized carbons (Fsp3) is 0.286. The number of ketones is 1. The Labute approximate surface area is 125 Å². The minimum Gasteiger partial charge on any atom is -0.462 e. The van der Waals surface area contributed by atoms with Crippen LogP contribution >= 0.6 is 11.3 Å². The van der Waals surface area contributed by atoms with Gasteiger partial charge in [0.05, 0.1) is 17.7 Å². The van der Waals surface area contributed by atoms with E-state index in [-0.39, 0.29) is 30.2 Å². The largest absolute Gasteiger partial charge is 0.462 e. The Hall–Kier alpha value is -2.46. The summed E-state index contributed by atoms with van der Waals surface area (Å²) in [7, 11) is 0. The van der Waals surface area contributed by atoms with E-state index in [0.29, 0.717) is 4.88 Å². The summed E-state index contributed by atoms with van der Waals surface area (Å²) in [5.41, 5.74) is 0.115. The maximum atomic E-state index is 12.1. The molecule has 0 saturated carbocycles. The van der Waals surface area contributed by atoms with Crippen LogP contribution in [0.2, 0.25) is 0 Å². The molecule has 108 valence electrons. The Morgan fingerprint density at radius 1 is 1.48 bits per heavy atom. The Bertz CT molecular complexity index is 724. The summed E-state index contributed by atoms with van der Waals surface area (Å²) in [6.45, 7) is 3.72. The minimum atomic E-state index is -0.611. The molecule has 0 unspecified atom stereocenters. The third-order valence-electron chi connectivity index (χ3n) is 2.75. The smallest absolute Gasteiger partial charge is 0.342 e. The molecule has 2 heterocycles. The van der Waals surface area contributed by atoms with Crippen molar-refractivity contribution in [2.45, 2.75) is 20.4 Å². The Balaban J connectivity index is 2.23. The predicted molar refractivity (Wildman–Crippen MR) is 76.3 cm³/mol. The summed E-state index contributed by atoms with van der Waals surface area (Å²) in [5.74, 6) is -0.761. The fourth-order valence-corrected chi connectivity index (χ4v) is 2.58. The molecule has 0 amide bonds. The van der Waals surface area contributed by atoms with Crippen molar-refractivity contribution in [3.05, 3.63) is 39.3 Å². The number of esters is 1. The van der Waals surface area contributed by atoms with Crippen LogP contribution in [0.1, 0.15) is 37.5 Å². The van der Waals surface area contributed by atoms with Gasteiger partial charge in [0.2, 0.25) is 0 Å². The number of Topliss-reactive ketones (excluding diaryl/α,β-unsaturated/α-hetero) is 1. The molecule has 0 bridgehead atoms. The van der Waals surface area contributed by atoms with Gasteiger partial charge in [-0.25, -0.2) is 9.48 Å². The van der Waals surface area contributed by atoms with Gasteiger partial charge in [-0.05, 0) is 26.0 Å². The van der Waals surface area contributed by atoms with Gasteiger partial charge in [0.25, 0.3) is 0 Å². The third-order valence-corrected chi connectivity index (χ3v) is 3.79. The quantitative estimate of drug-likeness (QED) is 0.624. The molecule has 2 aromatic rings. The molecule has 0 aliphatic carbocycles. The number of hydrogen-bond donors (Lipinski definition) is 0. The lowest BCUT2D eigenvalue weighted by molar-refractivity contribution is 0.0525. The molecule has 6 nitrogen and oxygen atoms in total. The lowest BCUT2D eigenvalue weighted by Gasteiger charge is -2.02. The highest BCUT2D eigenvalue weighted by Crippen LogP contribution is 2.17. The number of aryl methyl sites for hydroxylation is 1. The van der Waals surface area contributed by atoms with Crippen LogP contribution in [-0.4, -0.2) is 28.1 Å². The van der Waals surface area contributed by atoms with Gasteiger partial charge < -0.3 is 4.74 Å². The molecule has 0 fully saturated rings. The molecule has 0 aromatic carbocycles. The van der Waals surface area contributed by atoms with E-state index >= 15 is 0 Å².